The summed E-state index contributed by atoms with van der Waals surface area (Å²) in [6.07, 6.45) is 16.7. The number of rotatable bonds is 11. The maximum atomic E-state index is 5.21. The highest BCUT2D eigenvalue weighted by Crippen LogP contribution is 2.07. The van der Waals surface area contributed by atoms with E-state index in [2.05, 4.69) is 25.1 Å². The third-order valence-corrected chi connectivity index (χ3v) is 2.98. The van der Waals surface area contributed by atoms with E-state index in [-0.39, 0.29) is 0 Å². The Labute approximate surface area is 102 Å². The molecule has 0 fully saturated rings. The fourth-order valence-corrected chi connectivity index (χ4v) is 1.86. The van der Waals surface area contributed by atoms with Crippen molar-refractivity contribution in [2.75, 3.05) is 6.54 Å². The van der Waals surface area contributed by atoms with Crippen LogP contribution in [-0.4, -0.2) is 12.6 Å². The minimum absolute atomic E-state index is 0.674. The van der Waals surface area contributed by atoms with Crippen molar-refractivity contribution < 1.29 is 0 Å². The first-order chi connectivity index (χ1) is 7.81. The highest BCUT2D eigenvalue weighted by molar-refractivity contribution is 4.82. The minimum atomic E-state index is 0.674. The lowest BCUT2D eigenvalue weighted by Crippen LogP contribution is -2.26. The summed E-state index contributed by atoms with van der Waals surface area (Å²) in [5.74, 6) is 2.68. The van der Waals surface area contributed by atoms with E-state index in [4.69, 9.17) is 6.42 Å². The lowest BCUT2D eigenvalue weighted by Gasteiger charge is -2.13. The Kier molecular flexibility index (Phi) is 12.2. The molecule has 1 atom stereocenters. The summed E-state index contributed by atoms with van der Waals surface area (Å²) in [5, 5.41) is 3.56. The zero-order valence-corrected chi connectivity index (χ0v) is 11.2. The molecule has 0 aromatic rings. The summed E-state index contributed by atoms with van der Waals surface area (Å²) in [4.78, 5) is 0. The molecule has 0 rings (SSSR count). The Morgan fingerprint density at radius 2 is 1.81 bits per heavy atom. The molecule has 16 heavy (non-hydrogen) atoms. The van der Waals surface area contributed by atoms with Gasteiger partial charge in [0.1, 0.15) is 0 Å². The molecule has 1 heteroatoms. The van der Waals surface area contributed by atoms with Gasteiger partial charge in [0.15, 0.2) is 0 Å². The van der Waals surface area contributed by atoms with E-state index >= 15 is 0 Å². The van der Waals surface area contributed by atoms with Crippen LogP contribution in [0.2, 0.25) is 0 Å². The molecule has 0 aliphatic heterocycles. The molecule has 0 aromatic carbocycles. The quantitative estimate of drug-likeness (QED) is 0.410. The smallest absolute Gasteiger partial charge is 0.00865 e. The predicted octanol–water partition coefficient (Wildman–Crippen LogP) is 4.13. The van der Waals surface area contributed by atoms with Crippen molar-refractivity contribution in [2.24, 2.45) is 0 Å². The van der Waals surface area contributed by atoms with Gasteiger partial charge in [0, 0.05) is 12.5 Å². The van der Waals surface area contributed by atoms with E-state index in [1.165, 1.54) is 44.9 Å². The maximum absolute atomic E-state index is 5.21. The summed E-state index contributed by atoms with van der Waals surface area (Å²) in [6, 6.07) is 0.674. The van der Waals surface area contributed by atoms with Crippen molar-refractivity contribution in [3.05, 3.63) is 0 Å². The summed E-state index contributed by atoms with van der Waals surface area (Å²) >= 11 is 0. The minimum Gasteiger partial charge on any atom is -0.314 e. The van der Waals surface area contributed by atoms with Gasteiger partial charge in [0.2, 0.25) is 0 Å². The Morgan fingerprint density at radius 3 is 2.50 bits per heavy atom. The molecule has 94 valence electrons. The molecule has 0 heterocycles. The van der Waals surface area contributed by atoms with Crippen LogP contribution in [0, 0.1) is 12.3 Å². The normalized spacial score (nSPS) is 12.3. The average molecular weight is 223 g/mol. The van der Waals surface area contributed by atoms with Crippen molar-refractivity contribution in [1.29, 1.82) is 0 Å². The Bertz CT molecular complexity index is 169. The van der Waals surface area contributed by atoms with E-state index in [0.29, 0.717) is 6.04 Å². The largest absolute Gasteiger partial charge is 0.314 e. The Balaban J connectivity index is 3.12. The van der Waals surface area contributed by atoms with Crippen LogP contribution in [0.3, 0.4) is 0 Å². The highest BCUT2D eigenvalue weighted by atomic mass is 14.9. The second kappa shape index (κ2) is 12.6. The number of nitrogens with one attached hydrogen (secondary N) is 1. The maximum Gasteiger partial charge on any atom is 0.00865 e. The zero-order valence-electron chi connectivity index (χ0n) is 11.2. The average Bonchev–Trinajstić information content (AvgIpc) is 2.28. The van der Waals surface area contributed by atoms with Crippen LogP contribution in [0.4, 0.5) is 0 Å². The first-order valence-corrected chi connectivity index (χ1v) is 6.98. The Morgan fingerprint density at radius 1 is 1.06 bits per heavy atom. The summed E-state index contributed by atoms with van der Waals surface area (Å²) in [5.41, 5.74) is 0. The number of hydrogen-bond donors (Lipinski definition) is 1. The molecule has 0 bridgehead atoms. The fraction of sp³-hybridized carbons (Fsp3) is 0.867. The number of terminal acetylenes is 1. The van der Waals surface area contributed by atoms with Crippen molar-refractivity contribution >= 4 is 0 Å². The van der Waals surface area contributed by atoms with Crippen LogP contribution in [-0.2, 0) is 0 Å². The molecule has 0 spiro atoms. The van der Waals surface area contributed by atoms with Gasteiger partial charge >= 0.3 is 0 Å². The second-order valence-corrected chi connectivity index (χ2v) is 4.72. The first kappa shape index (κ1) is 15.5. The molecule has 0 aromatic heterocycles. The van der Waals surface area contributed by atoms with Gasteiger partial charge in [-0.2, -0.15) is 0 Å². The van der Waals surface area contributed by atoms with Crippen molar-refractivity contribution in [3.8, 4) is 12.3 Å². The molecule has 0 radical (unpaired) electrons. The molecule has 0 amide bonds. The van der Waals surface area contributed by atoms with Crippen molar-refractivity contribution in [2.45, 2.75) is 77.7 Å². The monoisotopic (exact) mass is 223 g/mol. The van der Waals surface area contributed by atoms with E-state index in [0.717, 1.165) is 19.4 Å². The third-order valence-electron chi connectivity index (χ3n) is 2.98. The SMILES string of the molecule is C#CCCCCNC(C)CCCCCCC. The van der Waals surface area contributed by atoms with Gasteiger partial charge in [-0.15, -0.1) is 12.3 Å². The molecular formula is C15H29N. The van der Waals surface area contributed by atoms with Gasteiger partial charge in [0.25, 0.3) is 0 Å². The number of hydrogen-bond acceptors (Lipinski definition) is 1. The van der Waals surface area contributed by atoms with Crippen molar-refractivity contribution in [3.63, 3.8) is 0 Å². The predicted molar refractivity (Wildman–Crippen MR) is 73.5 cm³/mol. The molecular weight excluding hydrogens is 194 g/mol. The van der Waals surface area contributed by atoms with Crippen molar-refractivity contribution in [1.82, 2.24) is 5.32 Å². The van der Waals surface area contributed by atoms with E-state index in [1.54, 1.807) is 0 Å². The molecule has 1 N–H and O–H groups in total. The van der Waals surface area contributed by atoms with E-state index in [1.807, 2.05) is 0 Å². The summed E-state index contributed by atoms with van der Waals surface area (Å²) in [7, 11) is 0. The topological polar surface area (TPSA) is 12.0 Å². The standard InChI is InChI=1S/C15H29N/c1-4-6-8-10-11-13-15(3)16-14-12-9-7-5-2/h2,15-16H,4,6-14H2,1,3H3. The molecule has 0 saturated carbocycles. The lowest BCUT2D eigenvalue weighted by atomic mass is 10.1. The van der Waals surface area contributed by atoms with Crippen LogP contribution in [0.15, 0.2) is 0 Å². The molecule has 0 aliphatic rings. The van der Waals surface area contributed by atoms with Crippen LogP contribution in [0.1, 0.15) is 71.6 Å². The molecule has 1 unspecified atom stereocenters. The van der Waals surface area contributed by atoms with Crippen LogP contribution < -0.4 is 5.32 Å². The van der Waals surface area contributed by atoms with Gasteiger partial charge in [-0.25, -0.2) is 0 Å². The van der Waals surface area contributed by atoms with Crippen LogP contribution in [0.25, 0.3) is 0 Å². The van der Waals surface area contributed by atoms with Gasteiger partial charge in [-0.1, -0.05) is 39.0 Å². The fourth-order valence-electron chi connectivity index (χ4n) is 1.86. The molecule has 0 saturated heterocycles. The van der Waals surface area contributed by atoms with E-state index in [9.17, 15) is 0 Å². The van der Waals surface area contributed by atoms with Crippen LogP contribution >= 0.6 is 0 Å². The number of unbranched alkanes of at least 4 members (excludes halogenated alkanes) is 6. The van der Waals surface area contributed by atoms with Gasteiger partial charge in [-0.05, 0) is 32.7 Å². The third kappa shape index (κ3) is 11.6. The van der Waals surface area contributed by atoms with Gasteiger partial charge in [-0.3, -0.25) is 0 Å². The molecule has 1 nitrogen and oxygen atoms in total. The lowest BCUT2D eigenvalue weighted by molar-refractivity contribution is 0.473. The van der Waals surface area contributed by atoms with Gasteiger partial charge < -0.3 is 5.32 Å². The first-order valence-electron chi connectivity index (χ1n) is 6.98. The summed E-state index contributed by atoms with van der Waals surface area (Å²) in [6.45, 7) is 5.68. The summed E-state index contributed by atoms with van der Waals surface area (Å²) < 4.78 is 0. The highest BCUT2D eigenvalue weighted by Gasteiger charge is 1.99. The second-order valence-electron chi connectivity index (χ2n) is 4.72. The van der Waals surface area contributed by atoms with E-state index < -0.39 is 0 Å². The van der Waals surface area contributed by atoms with Gasteiger partial charge in [0.05, 0.1) is 0 Å². The zero-order chi connectivity index (χ0) is 12.1. The molecule has 0 aliphatic carbocycles. The Hall–Kier alpha value is -0.480. The van der Waals surface area contributed by atoms with Crippen LogP contribution in [0.5, 0.6) is 0 Å².